The van der Waals surface area contributed by atoms with E-state index in [4.69, 9.17) is 21.1 Å². The van der Waals surface area contributed by atoms with Crippen LogP contribution < -0.4 is 4.74 Å². The standard InChI is InChI=1S/C16H22ClNO3/c1-16(21-3)7-4-8-18(11-16)10-14(19)12-5-6-15(20-2)13(17)9-12/h5-6,9H,4,7-8,10-11H2,1-3H3. The van der Waals surface area contributed by atoms with E-state index in [-0.39, 0.29) is 11.4 Å². The molecule has 116 valence electrons. The minimum atomic E-state index is -0.157. The molecule has 5 heteroatoms. The van der Waals surface area contributed by atoms with Crippen molar-refractivity contribution in [1.29, 1.82) is 0 Å². The van der Waals surface area contributed by atoms with Gasteiger partial charge in [-0.15, -0.1) is 0 Å². The van der Waals surface area contributed by atoms with Gasteiger partial charge in [-0.3, -0.25) is 9.69 Å². The zero-order valence-corrected chi connectivity index (χ0v) is 13.6. The molecule has 21 heavy (non-hydrogen) atoms. The van der Waals surface area contributed by atoms with Crippen LogP contribution >= 0.6 is 11.6 Å². The first-order chi connectivity index (χ1) is 9.97. The number of Topliss-reactive ketones (excluding diaryl/α,β-unsaturated/α-hetero) is 1. The number of likely N-dealkylation sites (tertiary alicyclic amines) is 1. The average molecular weight is 312 g/mol. The molecule has 0 N–H and O–H groups in total. The molecule has 0 bridgehead atoms. The summed E-state index contributed by atoms with van der Waals surface area (Å²) in [6.45, 7) is 4.18. The van der Waals surface area contributed by atoms with E-state index in [1.54, 1.807) is 32.4 Å². The van der Waals surface area contributed by atoms with Crippen molar-refractivity contribution in [2.45, 2.75) is 25.4 Å². The number of ketones is 1. The molecule has 0 amide bonds. The smallest absolute Gasteiger partial charge is 0.176 e. The highest BCUT2D eigenvalue weighted by Crippen LogP contribution is 2.26. The molecule has 1 aliphatic heterocycles. The molecule has 1 heterocycles. The Morgan fingerprint density at radius 3 is 2.81 bits per heavy atom. The average Bonchev–Trinajstić information content (AvgIpc) is 2.47. The maximum Gasteiger partial charge on any atom is 0.176 e. The lowest BCUT2D eigenvalue weighted by atomic mass is 9.94. The molecule has 1 atom stereocenters. The van der Waals surface area contributed by atoms with Crippen molar-refractivity contribution >= 4 is 17.4 Å². The highest BCUT2D eigenvalue weighted by atomic mass is 35.5. The summed E-state index contributed by atoms with van der Waals surface area (Å²) in [4.78, 5) is 14.5. The summed E-state index contributed by atoms with van der Waals surface area (Å²) in [6.07, 6.45) is 2.07. The minimum absolute atomic E-state index is 0.0694. The summed E-state index contributed by atoms with van der Waals surface area (Å²) < 4.78 is 10.7. The minimum Gasteiger partial charge on any atom is -0.495 e. The fourth-order valence-electron chi connectivity index (χ4n) is 2.74. The normalized spacial score (nSPS) is 23.0. The Labute approximate surface area is 131 Å². The molecule has 0 spiro atoms. The first kappa shape index (κ1) is 16.3. The van der Waals surface area contributed by atoms with Crippen molar-refractivity contribution in [2.75, 3.05) is 33.9 Å². The van der Waals surface area contributed by atoms with Crippen LogP contribution in [0.2, 0.25) is 5.02 Å². The van der Waals surface area contributed by atoms with Gasteiger partial charge in [0.1, 0.15) is 5.75 Å². The van der Waals surface area contributed by atoms with Crippen LogP contribution in [0, 0.1) is 0 Å². The van der Waals surface area contributed by atoms with E-state index in [1.165, 1.54) is 0 Å². The monoisotopic (exact) mass is 311 g/mol. The molecular weight excluding hydrogens is 290 g/mol. The van der Waals surface area contributed by atoms with Gasteiger partial charge >= 0.3 is 0 Å². The Morgan fingerprint density at radius 1 is 1.43 bits per heavy atom. The molecule has 0 aromatic heterocycles. The number of piperidine rings is 1. The fourth-order valence-corrected chi connectivity index (χ4v) is 3.00. The maximum absolute atomic E-state index is 12.4. The molecule has 2 rings (SSSR count). The van der Waals surface area contributed by atoms with E-state index in [0.29, 0.717) is 22.9 Å². The summed E-state index contributed by atoms with van der Waals surface area (Å²) in [7, 11) is 3.29. The Morgan fingerprint density at radius 2 is 2.19 bits per heavy atom. The summed E-state index contributed by atoms with van der Waals surface area (Å²) in [5.74, 6) is 0.651. The summed E-state index contributed by atoms with van der Waals surface area (Å²) >= 11 is 6.07. The van der Waals surface area contributed by atoms with Crippen LogP contribution in [0.5, 0.6) is 5.75 Å². The summed E-state index contributed by atoms with van der Waals surface area (Å²) in [5.41, 5.74) is 0.460. The molecule has 1 unspecified atom stereocenters. The molecule has 0 saturated carbocycles. The van der Waals surface area contributed by atoms with E-state index >= 15 is 0 Å². The number of methoxy groups -OCH3 is 2. The molecule has 1 aliphatic rings. The number of halogens is 1. The number of hydrogen-bond acceptors (Lipinski definition) is 4. The second-order valence-electron chi connectivity index (χ2n) is 5.74. The third kappa shape index (κ3) is 3.96. The molecule has 0 radical (unpaired) electrons. The number of hydrogen-bond donors (Lipinski definition) is 0. The van der Waals surface area contributed by atoms with Gasteiger partial charge in [-0.1, -0.05) is 11.6 Å². The molecular formula is C16H22ClNO3. The quantitative estimate of drug-likeness (QED) is 0.784. The topological polar surface area (TPSA) is 38.8 Å². The van der Waals surface area contributed by atoms with Crippen molar-refractivity contribution in [3.63, 3.8) is 0 Å². The van der Waals surface area contributed by atoms with Crippen molar-refractivity contribution < 1.29 is 14.3 Å². The van der Waals surface area contributed by atoms with Gasteiger partial charge in [-0.25, -0.2) is 0 Å². The van der Waals surface area contributed by atoms with Crippen molar-refractivity contribution in [2.24, 2.45) is 0 Å². The molecule has 4 nitrogen and oxygen atoms in total. The van der Waals surface area contributed by atoms with E-state index in [0.717, 1.165) is 25.9 Å². The van der Waals surface area contributed by atoms with E-state index in [9.17, 15) is 4.79 Å². The maximum atomic E-state index is 12.4. The van der Waals surface area contributed by atoms with Gasteiger partial charge in [0.05, 0.1) is 24.3 Å². The fraction of sp³-hybridized carbons (Fsp3) is 0.562. The second-order valence-corrected chi connectivity index (χ2v) is 6.15. The SMILES string of the molecule is COc1ccc(C(=O)CN2CCCC(C)(OC)C2)cc1Cl. The van der Waals surface area contributed by atoms with Gasteiger partial charge in [0.2, 0.25) is 0 Å². The van der Waals surface area contributed by atoms with Crippen molar-refractivity contribution in [1.82, 2.24) is 4.90 Å². The van der Waals surface area contributed by atoms with Gasteiger partial charge in [-0.2, -0.15) is 0 Å². The first-order valence-corrected chi connectivity index (χ1v) is 7.49. The van der Waals surface area contributed by atoms with Crippen LogP contribution in [0.25, 0.3) is 0 Å². The van der Waals surface area contributed by atoms with E-state index in [1.807, 2.05) is 0 Å². The number of carbonyl (C=O) groups is 1. The lowest BCUT2D eigenvalue weighted by Crippen LogP contribution is -2.48. The van der Waals surface area contributed by atoms with Crippen molar-refractivity contribution in [3.05, 3.63) is 28.8 Å². The lowest BCUT2D eigenvalue weighted by Gasteiger charge is -2.39. The zero-order valence-electron chi connectivity index (χ0n) is 12.8. The second kappa shape index (κ2) is 6.77. The predicted octanol–water partition coefficient (Wildman–Crippen LogP) is 3.03. The first-order valence-electron chi connectivity index (χ1n) is 7.12. The largest absolute Gasteiger partial charge is 0.495 e. The third-order valence-electron chi connectivity index (χ3n) is 4.07. The number of benzene rings is 1. The Bertz CT molecular complexity index is 520. The molecule has 1 fully saturated rings. The lowest BCUT2D eigenvalue weighted by molar-refractivity contribution is -0.0485. The Balaban J connectivity index is 2.02. The number of rotatable bonds is 5. The van der Waals surface area contributed by atoms with Gasteiger partial charge in [0, 0.05) is 19.2 Å². The highest BCUT2D eigenvalue weighted by molar-refractivity contribution is 6.32. The molecule has 0 aliphatic carbocycles. The van der Waals surface area contributed by atoms with E-state index < -0.39 is 0 Å². The number of ether oxygens (including phenoxy) is 2. The number of nitrogens with zero attached hydrogens (tertiary/aromatic N) is 1. The van der Waals surface area contributed by atoms with E-state index in [2.05, 4.69) is 11.8 Å². The van der Waals surface area contributed by atoms with Gasteiger partial charge in [-0.05, 0) is 44.5 Å². The summed E-state index contributed by atoms with van der Waals surface area (Å²) in [5, 5.41) is 0.462. The zero-order chi connectivity index (χ0) is 15.5. The van der Waals surface area contributed by atoms with Crippen LogP contribution in [-0.4, -0.2) is 50.1 Å². The van der Waals surface area contributed by atoms with Crippen LogP contribution in [0.4, 0.5) is 0 Å². The Kier molecular flexibility index (Phi) is 5.25. The van der Waals surface area contributed by atoms with Crippen LogP contribution in [0.1, 0.15) is 30.1 Å². The Hall–Kier alpha value is -1.10. The molecule has 1 saturated heterocycles. The highest BCUT2D eigenvalue weighted by Gasteiger charge is 2.31. The predicted molar refractivity (Wildman–Crippen MR) is 83.4 cm³/mol. The molecule has 1 aromatic rings. The van der Waals surface area contributed by atoms with Gasteiger partial charge in [0.15, 0.2) is 5.78 Å². The van der Waals surface area contributed by atoms with Crippen LogP contribution in [0.15, 0.2) is 18.2 Å². The van der Waals surface area contributed by atoms with Gasteiger partial charge < -0.3 is 9.47 Å². The van der Waals surface area contributed by atoms with Crippen LogP contribution in [-0.2, 0) is 4.74 Å². The number of carbonyl (C=O) groups excluding carboxylic acids is 1. The third-order valence-corrected chi connectivity index (χ3v) is 4.37. The molecule has 1 aromatic carbocycles. The van der Waals surface area contributed by atoms with Crippen LogP contribution in [0.3, 0.4) is 0 Å². The van der Waals surface area contributed by atoms with Crippen molar-refractivity contribution in [3.8, 4) is 5.75 Å². The van der Waals surface area contributed by atoms with Gasteiger partial charge in [0.25, 0.3) is 0 Å². The summed E-state index contributed by atoms with van der Waals surface area (Å²) in [6, 6.07) is 5.15.